The minimum absolute atomic E-state index is 0.103. The van der Waals surface area contributed by atoms with Crippen molar-refractivity contribution < 1.29 is 9.66 Å². The number of para-hydroxylation sites is 1. The van der Waals surface area contributed by atoms with Crippen LogP contribution >= 0.6 is 11.6 Å². The number of aryl methyl sites for hydroxylation is 1. The van der Waals surface area contributed by atoms with Gasteiger partial charge in [0.1, 0.15) is 16.5 Å². The molecule has 2 aromatic rings. The second kappa shape index (κ2) is 5.79. The fraction of sp³-hybridized carbons (Fsp3) is 0.143. The molecule has 0 amide bonds. The van der Waals surface area contributed by atoms with E-state index in [-0.39, 0.29) is 10.7 Å². The van der Waals surface area contributed by atoms with Gasteiger partial charge in [0.25, 0.3) is 0 Å². The molecule has 104 valence electrons. The van der Waals surface area contributed by atoms with Gasteiger partial charge in [-0.25, -0.2) is 0 Å². The van der Waals surface area contributed by atoms with Crippen molar-refractivity contribution >= 4 is 28.7 Å². The number of methoxy groups -OCH3 is 1. The van der Waals surface area contributed by atoms with Crippen LogP contribution in [0.1, 0.15) is 5.56 Å². The van der Waals surface area contributed by atoms with Gasteiger partial charge in [-0.05, 0) is 42.8 Å². The highest BCUT2D eigenvalue weighted by Gasteiger charge is 2.18. The Hall–Kier alpha value is -2.27. The molecule has 0 fully saturated rings. The van der Waals surface area contributed by atoms with Crippen LogP contribution in [0.25, 0.3) is 0 Å². The van der Waals surface area contributed by atoms with Crippen LogP contribution in [0.15, 0.2) is 36.4 Å². The first-order valence-corrected chi connectivity index (χ1v) is 6.25. The Morgan fingerprint density at radius 1 is 1.25 bits per heavy atom. The highest BCUT2D eigenvalue weighted by atomic mass is 35.5. The summed E-state index contributed by atoms with van der Waals surface area (Å²) >= 11 is 5.88. The summed E-state index contributed by atoms with van der Waals surface area (Å²) in [5, 5.41) is 14.2. The molecule has 0 saturated carbocycles. The second-order valence-electron chi connectivity index (χ2n) is 4.20. The maximum Gasteiger partial charge on any atom is 0.311 e. The molecular formula is C14H13ClN2O3. The largest absolute Gasteiger partial charge is 0.497 e. The normalized spacial score (nSPS) is 10.2. The molecule has 0 radical (unpaired) electrons. The Kier molecular flexibility index (Phi) is 4.10. The number of anilines is 2. The number of hydrogen-bond acceptors (Lipinski definition) is 4. The molecule has 1 N–H and O–H groups in total. The molecule has 6 heteroatoms. The van der Waals surface area contributed by atoms with Crippen LogP contribution in [0.4, 0.5) is 17.1 Å². The van der Waals surface area contributed by atoms with Crippen molar-refractivity contribution in [3.63, 3.8) is 0 Å². The Labute approximate surface area is 121 Å². The first-order chi connectivity index (χ1) is 9.52. The second-order valence-corrected chi connectivity index (χ2v) is 4.61. The van der Waals surface area contributed by atoms with Gasteiger partial charge in [-0.15, -0.1) is 0 Å². The average Bonchev–Trinajstić information content (AvgIpc) is 2.40. The molecule has 2 aromatic carbocycles. The van der Waals surface area contributed by atoms with Crippen molar-refractivity contribution in [2.45, 2.75) is 6.92 Å². The van der Waals surface area contributed by atoms with E-state index in [1.807, 2.05) is 13.0 Å². The highest BCUT2D eigenvalue weighted by molar-refractivity contribution is 6.33. The maximum absolute atomic E-state index is 11.1. The Morgan fingerprint density at radius 2 is 2.00 bits per heavy atom. The van der Waals surface area contributed by atoms with E-state index in [4.69, 9.17) is 16.3 Å². The van der Waals surface area contributed by atoms with E-state index in [9.17, 15) is 10.1 Å². The van der Waals surface area contributed by atoms with Crippen molar-refractivity contribution in [2.75, 3.05) is 12.4 Å². The quantitative estimate of drug-likeness (QED) is 0.673. The molecule has 0 aliphatic carbocycles. The van der Waals surface area contributed by atoms with Gasteiger partial charge in [0.2, 0.25) is 0 Å². The summed E-state index contributed by atoms with van der Waals surface area (Å²) in [4.78, 5) is 10.6. The summed E-state index contributed by atoms with van der Waals surface area (Å²) in [7, 11) is 1.59. The molecule has 2 rings (SSSR count). The summed E-state index contributed by atoms with van der Waals surface area (Å²) < 4.78 is 5.12. The Bertz CT molecular complexity index is 659. The molecule has 0 aliphatic rings. The van der Waals surface area contributed by atoms with Crippen LogP contribution in [0.5, 0.6) is 5.75 Å². The van der Waals surface area contributed by atoms with E-state index in [0.717, 1.165) is 17.0 Å². The zero-order chi connectivity index (χ0) is 14.7. The van der Waals surface area contributed by atoms with Gasteiger partial charge in [-0.1, -0.05) is 17.7 Å². The van der Waals surface area contributed by atoms with Gasteiger partial charge in [-0.2, -0.15) is 0 Å². The molecule has 0 spiro atoms. The van der Waals surface area contributed by atoms with Crippen molar-refractivity contribution in [1.29, 1.82) is 0 Å². The van der Waals surface area contributed by atoms with Crippen LogP contribution in [0.2, 0.25) is 5.02 Å². The van der Waals surface area contributed by atoms with Gasteiger partial charge < -0.3 is 10.1 Å². The van der Waals surface area contributed by atoms with Crippen molar-refractivity contribution in [3.8, 4) is 5.75 Å². The van der Waals surface area contributed by atoms with E-state index in [0.29, 0.717) is 5.69 Å². The molecule has 0 atom stereocenters. The molecule has 0 saturated heterocycles. The van der Waals surface area contributed by atoms with E-state index < -0.39 is 4.92 Å². The van der Waals surface area contributed by atoms with Crippen LogP contribution in [-0.2, 0) is 0 Å². The maximum atomic E-state index is 11.1. The van der Waals surface area contributed by atoms with E-state index >= 15 is 0 Å². The monoisotopic (exact) mass is 292 g/mol. The lowest BCUT2D eigenvalue weighted by atomic mass is 10.1. The third-order valence-corrected chi connectivity index (χ3v) is 3.18. The highest BCUT2D eigenvalue weighted by Crippen LogP contribution is 2.35. The minimum atomic E-state index is -0.497. The van der Waals surface area contributed by atoms with Gasteiger partial charge in [0, 0.05) is 5.69 Å². The van der Waals surface area contributed by atoms with Crippen LogP contribution in [-0.4, -0.2) is 12.0 Å². The molecule has 0 aromatic heterocycles. The topological polar surface area (TPSA) is 64.4 Å². The van der Waals surface area contributed by atoms with E-state index in [1.54, 1.807) is 31.4 Å². The zero-order valence-electron chi connectivity index (χ0n) is 11.0. The van der Waals surface area contributed by atoms with Gasteiger partial charge in [-0.3, -0.25) is 10.1 Å². The van der Waals surface area contributed by atoms with Crippen LogP contribution < -0.4 is 10.1 Å². The number of halogens is 1. The molecule has 0 unspecified atom stereocenters. The SMILES string of the molecule is COc1ccc(Nc2cccc(Cl)c2[N+](=O)[O-])c(C)c1. The van der Waals surface area contributed by atoms with E-state index in [1.165, 1.54) is 6.07 Å². The van der Waals surface area contributed by atoms with Gasteiger partial charge in [0.05, 0.1) is 12.0 Å². The smallest absolute Gasteiger partial charge is 0.311 e. The third-order valence-electron chi connectivity index (χ3n) is 2.87. The predicted molar refractivity (Wildman–Crippen MR) is 79.1 cm³/mol. The Balaban J connectivity index is 2.40. The minimum Gasteiger partial charge on any atom is -0.497 e. The number of benzene rings is 2. The number of nitro groups is 1. The van der Waals surface area contributed by atoms with Crippen LogP contribution in [0.3, 0.4) is 0 Å². The summed E-state index contributed by atoms with van der Waals surface area (Å²) in [6, 6.07) is 10.2. The summed E-state index contributed by atoms with van der Waals surface area (Å²) in [6.45, 7) is 1.89. The molecule has 0 bridgehead atoms. The third kappa shape index (κ3) is 2.83. The lowest BCUT2D eigenvalue weighted by Crippen LogP contribution is -1.99. The first-order valence-electron chi connectivity index (χ1n) is 5.87. The first kappa shape index (κ1) is 14.1. The fourth-order valence-corrected chi connectivity index (χ4v) is 2.09. The number of hydrogen-bond donors (Lipinski definition) is 1. The lowest BCUT2D eigenvalue weighted by molar-refractivity contribution is -0.383. The molecule has 5 nitrogen and oxygen atoms in total. The summed E-state index contributed by atoms with van der Waals surface area (Å²) in [6.07, 6.45) is 0. The fourth-order valence-electron chi connectivity index (χ4n) is 1.85. The van der Waals surface area contributed by atoms with Crippen molar-refractivity contribution in [2.24, 2.45) is 0 Å². The van der Waals surface area contributed by atoms with Gasteiger partial charge in [0.15, 0.2) is 0 Å². The van der Waals surface area contributed by atoms with Crippen molar-refractivity contribution in [3.05, 3.63) is 57.1 Å². The number of nitro benzene ring substituents is 1. The summed E-state index contributed by atoms with van der Waals surface area (Å²) in [5.74, 6) is 0.730. The number of rotatable bonds is 4. The predicted octanol–water partition coefficient (Wildman–Crippen LogP) is 4.31. The molecule has 0 heterocycles. The zero-order valence-corrected chi connectivity index (χ0v) is 11.8. The Morgan fingerprint density at radius 3 is 2.60 bits per heavy atom. The molecule has 0 aliphatic heterocycles. The lowest BCUT2D eigenvalue weighted by Gasteiger charge is -2.11. The number of nitrogens with one attached hydrogen (secondary N) is 1. The average molecular weight is 293 g/mol. The van der Waals surface area contributed by atoms with E-state index in [2.05, 4.69) is 5.32 Å². The standard InChI is InChI=1S/C14H13ClN2O3/c1-9-8-10(20-2)6-7-12(9)16-13-5-3-4-11(15)14(13)17(18)19/h3-8,16H,1-2H3. The molecule has 20 heavy (non-hydrogen) atoms. The number of nitrogens with zero attached hydrogens (tertiary/aromatic N) is 1. The van der Waals surface area contributed by atoms with Crippen molar-refractivity contribution in [1.82, 2.24) is 0 Å². The summed E-state index contributed by atoms with van der Waals surface area (Å²) in [5.41, 5.74) is 1.90. The molecular weight excluding hydrogens is 280 g/mol. The van der Waals surface area contributed by atoms with Crippen LogP contribution in [0, 0.1) is 17.0 Å². The number of ether oxygens (including phenoxy) is 1. The van der Waals surface area contributed by atoms with Gasteiger partial charge >= 0.3 is 5.69 Å².